The van der Waals surface area contributed by atoms with E-state index >= 15 is 0 Å². The second-order valence-electron chi connectivity index (χ2n) is 5.01. The highest BCUT2D eigenvalue weighted by molar-refractivity contribution is 5.94. The molecule has 1 aliphatic heterocycles. The number of benzene rings is 1. The molecule has 1 unspecified atom stereocenters. The van der Waals surface area contributed by atoms with Gasteiger partial charge in [-0.05, 0) is 12.5 Å². The third-order valence-electron chi connectivity index (χ3n) is 3.54. The topological polar surface area (TPSA) is 120 Å². The predicted molar refractivity (Wildman–Crippen MR) is 83.9 cm³/mol. The predicted octanol–water partition coefficient (Wildman–Crippen LogP) is 2.02. The maximum absolute atomic E-state index is 11.7. The van der Waals surface area contributed by atoms with Gasteiger partial charge in [-0.15, -0.1) is 6.58 Å². The molecule has 1 aromatic rings. The van der Waals surface area contributed by atoms with Crippen LogP contribution in [0.4, 0.5) is 5.69 Å². The lowest BCUT2D eigenvalue weighted by Crippen LogP contribution is -2.48. The van der Waals surface area contributed by atoms with Gasteiger partial charge in [0, 0.05) is 24.4 Å². The number of allylic oxidation sites excluding steroid dienone is 1. The molecular weight excluding hydrogens is 300 g/mol. The molecule has 1 aromatic carbocycles. The van der Waals surface area contributed by atoms with E-state index in [1.807, 2.05) is 0 Å². The minimum absolute atomic E-state index is 0.0175. The van der Waals surface area contributed by atoms with Gasteiger partial charge in [-0.3, -0.25) is 15.5 Å². The number of non-ortho nitro benzene ring substituents is 1. The Morgan fingerprint density at radius 3 is 2.87 bits per heavy atom. The maximum Gasteiger partial charge on any atom is 0.335 e. The number of guanidine groups is 1. The van der Waals surface area contributed by atoms with Gasteiger partial charge in [0.1, 0.15) is 0 Å². The summed E-state index contributed by atoms with van der Waals surface area (Å²) in [5.41, 5.74) is 0.681. The Hall–Kier alpha value is -3.16. The zero-order chi connectivity index (χ0) is 17.1. The summed E-state index contributed by atoms with van der Waals surface area (Å²) in [5.74, 6) is -1.13. The lowest BCUT2D eigenvalue weighted by Gasteiger charge is -2.38. The lowest BCUT2D eigenvalue weighted by molar-refractivity contribution is -0.384. The number of hydrogen-bond donors (Lipinski definition) is 3. The summed E-state index contributed by atoms with van der Waals surface area (Å²) in [6.07, 6.45) is 1.54. The van der Waals surface area contributed by atoms with E-state index in [0.717, 1.165) is 0 Å². The van der Waals surface area contributed by atoms with E-state index in [-0.39, 0.29) is 23.8 Å². The van der Waals surface area contributed by atoms with Gasteiger partial charge in [-0.1, -0.05) is 18.2 Å². The number of nitrogens with one attached hydrogen (secondary N) is 2. The molecule has 2 rings (SSSR count). The highest BCUT2D eigenvalue weighted by Gasteiger charge is 2.36. The van der Waals surface area contributed by atoms with Crippen LogP contribution in [-0.4, -0.2) is 33.4 Å². The number of nitro groups is 1. The summed E-state index contributed by atoms with van der Waals surface area (Å²) in [4.78, 5) is 23.6. The van der Waals surface area contributed by atoms with E-state index in [2.05, 4.69) is 11.9 Å². The van der Waals surface area contributed by atoms with Crippen molar-refractivity contribution in [2.24, 2.45) is 0 Å². The minimum atomic E-state index is -1.15. The summed E-state index contributed by atoms with van der Waals surface area (Å²) in [6, 6.07) is 4.97. The van der Waals surface area contributed by atoms with Gasteiger partial charge in [0.25, 0.3) is 5.69 Å². The van der Waals surface area contributed by atoms with Crippen molar-refractivity contribution in [3.63, 3.8) is 0 Å². The zero-order valence-corrected chi connectivity index (χ0v) is 12.4. The molecule has 3 N–H and O–H groups in total. The van der Waals surface area contributed by atoms with Crippen molar-refractivity contribution in [2.75, 3.05) is 6.54 Å². The van der Waals surface area contributed by atoms with Crippen LogP contribution >= 0.6 is 0 Å². The standard InChI is InChI=1S/C15H16N4O4/c1-3-7-18-13(10-5-4-6-11(8-10)19(22)23)12(14(20)21)9(2)17-15(18)16/h3-6,8,13H,1,7H2,2H3,(H2,16,17)(H,20,21). The average Bonchev–Trinajstić information content (AvgIpc) is 2.49. The third kappa shape index (κ3) is 3.05. The van der Waals surface area contributed by atoms with Crippen molar-refractivity contribution in [1.29, 1.82) is 5.41 Å². The molecule has 0 radical (unpaired) electrons. The quantitative estimate of drug-likeness (QED) is 0.434. The van der Waals surface area contributed by atoms with Crippen molar-refractivity contribution in [1.82, 2.24) is 10.2 Å². The zero-order valence-electron chi connectivity index (χ0n) is 12.4. The third-order valence-corrected chi connectivity index (χ3v) is 3.54. The first-order valence-electron chi connectivity index (χ1n) is 6.78. The molecule has 0 saturated heterocycles. The number of nitro benzene ring substituents is 1. The van der Waals surface area contributed by atoms with Crippen LogP contribution in [0.5, 0.6) is 0 Å². The second kappa shape index (κ2) is 6.30. The molecule has 0 fully saturated rings. The Morgan fingerprint density at radius 2 is 2.30 bits per heavy atom. The number of carboxylic acid groups (broad SMARTS) is 1. The summed E-state index contributed by atoms with van der Waals surface area (Å²) < 4.78 is 0. The molecule has 8 heteroatoms. The number of nitrogens with zero attached hydrogens (tertiary/aromatic N) is 2. The molecule has 0 amide bonds. The molecule has 23 heavy (non-hydrogen) atoms. The fraction of sp³-hybridized carbons (Fsp3) is 0.200. The summed E-state index contributed by atoms with van der Waals surface area (Å²) in [5, 5.41) is 31.3. The first-order chi connectivity index (χ1) is 10.9. The van der Waals surface area contributed by atoms with Crippen molar-refractivity contribution in [3.05, 3.63) is 63.9 Å². The highest BCUT2D eigenvalue weighted by atomic mass is 16.6. The van der Waals surface area contributed by atoms with E-state index in [4.69, 9.17) is 5.41 Å². The minimum Gasteiger partial charge on any atom is -0.478 e. The van der Waals surface area contributed by atoms with Gasteiger partial charge < -0.3 is 15.3 Å². The van der Waals surface area contributed by atoms with Gasteiger partial charge in [-0.2, -0.15) is 0 Å². The fourth-order valence-electron chi connectivity index (χ4n) is 2.57. The highest BCUT2D eigenvalue weighted by Crippen LogP contribution is 2.34. The summed E-state index contributed by atoms with van der Waals surface area (Å²) in [6.45, 7) is 5.40. The summed E-state index contributed by atoms with van der Waals surface area (Å²) in [7, 11) is 0. The Balaban J connectivity index is 2.64. The van der Waals surface area contributed by atoms with Crippen molar-refractivity contribution in [3.8, 4) is 0 Å². The van der Waals surface area contributed by atoms with E-state index < -0.39 is 16.9 Å². The van der Waals surface area contributed by atoms with Crippen LogP contribution in [0.3, 0.4) is 0 Å². The molecule has 0 spiro atoms. The Labute approximate surface area is 132 Å². The smallest absolute Gasteiger partial charge is 0.335 e. The SMILES string of the molecule is C=CCN1C(=N)NC(C)=C(C(=O)O)C1c1cccc([N+](=O)[O-])c1. The van der Waals surface area contributed by atoms with Crippen molar-refractivity contribution < 1.29 is 14.8 Å². The van der Waals surface area contributed by atoms with Gasteiger partial charge in [0.2, 0.25) is 0 Å². The van der Waals surface area contributed by atoms with Crippen molar-refractivity contribution >= 4 is 17.6 Å². The number of carboxylic acids is 1. The Bertz CT molecular complexity index is 726. The number of aliphatic carboxylic acids is 1. The average molecular weight is 316 g/mol. The molecule has 0 saturated carbocycles. The molecule has 120 valence electrons. The normalized spacial score (nSPS) is 17.7. The largest absolute Gasteiger partial charge is 0.478 e. The summed E-state index contributed by atoms with van der Waals surface area (Å²) >= 11 is 0. The molecule has 0 aliphatic carbocycles. The monoisotopic (exact) mass is 316 g/mol. The first-order valence-corrected chi connectivity index (χ1v) is 6.78. The second-order valence-corrected chi connectivity index (χ2v) is 5.01. The van der Waals surface area contributed by atoms with Crippen LogP contribution < -0.4 is 5.32 Å². The van der Waals surface area contributed by atoms with E-state index in [9.17, 15) is 20.0 Å². The molecule has 1 aliphatic rings. The van der Waals surface area contributed by atoms with Crippen LogP contribution in [0.1, 0.15) is 18.5 Å². The maximum atomic E-state index is 11.7. The van der Waals surface area contributed by atoms with Crippen LogP contribution in [0.2, 0.25) is 0 Å². The van der Waals surface area contributed by atoms with E-state index in [1.165, 1.54) is 23.1 Å². The Morgan fingerprint density at radius 1 is 1.61 bits per heavy atom. The van der Waals surface area contributed by atoms with Gasteiger partial charge in [0.05, 0.1) is 16.5 Å². The van der Waals surface area contributed by atoms with Crippen LogP contribution in [0, 0.1) is 15.5 Å². The first kappa shape index (κ1) is 16.2. The van der Waals surface area contributed by atoms with Crippen LogP contribution in [-0.2, 0) is 4.79 Å². The van der Waals surface area contributed by atoms with Crippen molar-refractivity contribution in [2.45, 2.75) is 13.0 Å². The van der Waals surface area contributed by atoms with Gasteiger partial charge in [-0.25, -0.2) is 4.79 Å². The molecule has 0 bridgehead atoms. The Kier molecular flexibility index (Phi) is 4.44. The number of carbonyl (C=O) groups is 1. The molecule has 0 aromatic heterocycles. The molecule has 1 atom stereocenters. The van der Waals surface area contributed by atoms with E-state index in [1.54, 1.807) is 19.1 Å². The molecule has 8 nitrogen and oxygen atoms in total. The van der Waals surface area contributed by atoms with E-state index in [0.29, 0.717) is 11.3 Å². The molecular formula is C15H16N4O4. The lowest BCUT2D eigenvalue weighted by atomic mass is 9.93. The number of rotatable bonds is 5. The van der Waals surface area contributed by atoms with Crippen LogP contribution in [0.15, 0.2) is 48.2 Å². The van der Waals surface area contributed by atoms with Gasteiger partial charge in [0.15, 0.2) is 5.96 Å². The fourth-order valence-corrected chi connectivity index (χ4v) is 2.57. The molecule has 1 heterocycles. The van der Waals surface area contributed by atoms with Gasteiger partial charge >= 0.3 is 5.97 Å². The van der Waals surface area contributed by atoms with Crippen LogP contribution in [0.25, 0.3) is 0 Å². The number of hydrogen-bond acceptors (Lipinski definition) is 4.